The molecule has 0 bridgehead atoms. The maximum atomic E-state index is 11.9. The second kappa shape index (κ2) is 4.65. The van der Waals surface area contributed by atoms with Crippen LogP contribution in [0.2, 0.25) is 10.0 Å². The van der Waals surface area contributed by atoms with E-state index in [1.54, 1.807) is 18.2 Å². The van der Waals surface area contributed by atoms with Crippen molar-refractivity contribution >= 4 is 40.6 Å². The van der Waals surface area contributed by atoms with E-state index in [0.29, 0.717) is 16.5 Å². The van der Waals surface area contributed by atoms with Crippen molar-refractivity contribution in [2.75, 3.05) is 11.1 Å². The van der Waals surface area contributed by atoms with E-state index in [2.05, 4.69) is 15.5 Å². The third-order valence-corrected chi connectivity index (χ3v) is 2.92. The molecular formula is C10H8Cl2N4O. The Hall–Kier alpha value is -1.72. The Bertz CT molecular complexity index is 567. The van der Waals surface area contributed by atoms with Crippen LogP contribution in [0.15, 0.2) is 24.4 Å². The summed E-state index contributed by atoms with van der Waals surface area (Å²) in [6.07, 6.45) is 1.40. The van der Waals surface area contributed by atoms with E-state index in [4.69, 9.17) is 28.9 Å². The largest absolute Gasteiger partial charge is 0.394 e. The van der Waals surface area contributed by atoms with Crippen LogP contribution >= 0.6 is 23.2 Å². The predicted molar refractivity (Wildman–Crippen MR) is 67.4 cm³/mol. The summed E-state index contributed by atoms with van der Waals surface area (Å²) in [7, 11) is 0. The van der Waals surface area contributed by atoms with E-state index in [-0.39, 0.29) is 10.6 Å². The molecule has 0 saturated carbocycles. The van der Waals surface area contributed by atoms with Crippen molar-refractivity contribution in [3.63, 3.8) is 0 Å². The van der Waals surface area contributed by atoms with Gasteiger partial charge in [0.15, 0.2) is 5.82 Å². The fourth-order valence-corrected chi connectivity index (χ4v) is 1.64. The molecule has 2 rings (SSSR count). The smallest absolute Gasteiger partial charge is 0.258 e. The zero-order valence-electron chi connectivity index (χ0n) is 8.50. The van der Waals surface area contributed by atoms with Gasteiger partial charge in [0.1, 0.15) is 0 Å². The van der Waals surface area contributed by atoms with Crippen LogP contribution in [0.25, 0.3) is 0 Å². The molecule has 0 aliphatic heterocycles. The van der Waals surface area contributed by atoms with Crippen LogP contribution in [0.4, 0.5) is 11.5 Å². The Morgan fingerprint density at radius 1 is 1.41 bits per heavy atom. The molecule has 0 aliphatic carbocycles. The lowest BCUT2D eigenvalue weighted by Crippen LogP contribution is -2.13. The highest BCUT2D eigenvalue weighted by Crippen LogP contribution is 2.26. The average Bonchev–Trinajstić information content (AvgIpc) is 2.68. The SMILES string of the molecule is Nc1cn[nH]c1NC(=O)c1cccc(Cl)c1Cl. The zero-order chi connectivity index (χ0) is 12.4. The minimum atomic E-state index is -0.409. The predicted octanol–water partition coefficient (Wildman–Crippen LogP) is 2.55. The molecule has 0 saturated heterocycles. The number of H-pyrrole nitrogens is 1. The fraction of sp³-hybridized carbons (Fsp3) is 0. The highest BCUT2D eigenvalue weighted by atomic mass is 35.5. The van der Waals surface area contributed by atoms with Gasteiger partial charge in [0.25, 0.3) is 5.91 Å². The van der Waals surface area contributed by atoms with E-state index in [9.17, 15) is 4.79 Å². The highest BCUT2D eigenvalue weighted by Gasteiger charge is 2.14. The number of carbonyl (C=O) groups is 1. The highest BCUT2D eigenvalue weighted by molar-refractivity contribution is 6.44. The molecule has 0 radical (unpaired) electrons. The third-order valence-electron chi connectivity index (χ3n) is 2.10. The van der Waals surface area contributed by atoms with Crippen molar-refractivity contribution in [3.8, 4) is 0 Å². The molecule has 0 atom stereocenters. The number of hydrogen-bond donors (Lipinski definition) is 3. The Morgan fingerprint density at radius 2 is 2.18 bits per heavy atom. The minimum Gasteiger partial charge on any atom is -0.394 e. The summed E-state index contributed by atoms with van der Waals surface area (Å²) in [6, 6.07) is 4.81. The standard InChI is InChI=1S/C10H8Cl2N4O/c11-6-3-1-2-5(8(6)12)10(17)15-9-7(13)4-14-16-9/h1-4H,13H2,(H2,14,15,16,17). The van der Waals surface area contributed by atoms with Gasteiger partial charge in [-0.25, -0.2) is 0 Å². The molecular weight excluding hydrogens is 263 g/mol. The van der Waals surface area contributed by atoms with Gasteiger partial charge >= 0.3 is 0 Å². The fourth-order valence-electron chi connectivity index (χ4n) is 1.26. The number of nitrogens with two attached hydrogens (primary N) is 1. The molecule has 1 heterocycles. The quantitative estimate of drug-likeness (QED) is 0.784. The van der Waals surface area contributed by atoms with E-state index in [1.165, 1.54) is 6.20 Å². The first-order valence-corrected chi connectivity index (χ1v) is 5.39. The molecule has 17 heavy (non-hydrogen) atoms. The first-order valence-electron chi connectivity index (χ1n) is 4.64. The van der Waals surface area contributed by atoms with Crippen LogP contribution in [0.1, 0.15) is 10.4 Å². The summed E-state index contributed by atoms with van der Waals surface area (Å²) in [6.45, 7) is 0. The van der Waals surface area contributed by atoms with Gasteiger partial charge in [0, 0.05) is 0 Å². The number of carbonyl (C=O) groups excluding carboxylic acids is 1. The molecule has 0 spiro atoms. The second-order valence-electron chi connectivity index (χ2n) is 3.26. The number of rotatable bonds is 2. The Balaban J connectivity index is 2.27. The van der Waals surface area contributed by atoms with Gasteiger partial charge in [-0.1, -0.05) is 29.3 Å². The summed E-state index contributed by atoms with van der Waals surface area (Å²) in [4.78, 5) is 11.9. The summed E-state index contributed by atoms with van der Waals surface area (Å²) in [5.41, 5.74) is 6.18. The normalized spacial score (nSPS) is 10.2. The van der Waals surface area contributed by atoms with Gasteiger partial charge in [0.05, 0.1) is 27.5 Å². The summed E-state index contributed by atoms with van der Waals surface area (Å²) in [5, 5.41) is 9.31. The molecule has 1 aromatic carbocycles. The third kappa shape index (κ3) is 2.35. The van der Waals surface area contributed by atoms with Crippen molar-refractivity contribution in [1.29, 1.82) is 0 Å². The lowest BCUT2D eigenvalue weighted by molar-refractivity contribution is 0.102. The van der Waals surface area contributed by atoms with Gasteiger partial charge in [-0.15, -0.1) is 0 Å². The van der Waals surface area contributed by atoms with Crippen LogP contribution in [0, 0.1) is 0 Å². The summed E-state index contributed by atoms with van der Waals surface area (Å²) < 4.78 is 0. The molecule has 5 nitrogen and oxygen atoms in total. The maximum absolute atomic E-state index is 11.9. The molecule has 0 fully saturated rings. The Kier molecular flexibility index (Phi) is 3.21. The molecule has 0 aliphatic rings. The Morgan fingerprint density at radius 3 is 2.82 bits per heavy atom. The first-order chi connectivity index (χ1) is 8.09. The number of halogens is 2. The number of nitrogens with one attached hydrogen (secondary N) is 2. The van der Waals surface area contributed by atoms with Crippen LogP contribution in [-0.2, 0) is 0 Å². The van der Waals surface area contributed by atoms with E-state index in [0.717, 1.165) is 0 Å². The minimum absolute atomic E-state index is 0.199. The summed E-state index contributed by atoms with van der Waals surface area (Å²) >= 11 is 11.7. The molecule has 0 unspecified atom stereocenters. The summed E-state index contributed by atoms with van der Waals surface area (Å²) in [5.74, 6) is -0.0838. The lowest BCUT2D eigenvalue weighted by atomic mass is 10.2. The molecule has 4 N–H and O–H groups in total. The van der Waals surface area contributed by atoms with Gasteiger partial charge in [-0.3, -0.25) is 9.89 Å². The number of aromatic amines is 1. The van der Waals surface area contributed by atoms with Crippen molar-refractivity contribution in [2.24, 2.45) is 0 Å². The van der Waals surface area contributed by atoms with Crippen molar-refractivity contribution in [3.05, 3.63) is 40.0 Å². The van der Waals surface area contributed by atoms with E-state index >= 15 is 0 Å². The van der Waals surface area contributed by atoms with Crippen LogP contribution < -0.4 is 11.1 Å². The molecule has 7 heteroatoms. The van der Waals surface area contributed by atoms with Gasteiger partial charge in [0.2, 0.25) is 0 Å². The molecule has 1 amide bonds. The number of benzene rings is 1. The number of nitrogen functional groups attached to an aromatic ring is 1. The maximum Gasteiger partial charge on any atom is 0.258 e. The van der Waals surface area contributed by atoms with Crippen molar-refractivity contribution < 1.29 is 4.79 Å². The average molecular weight is 271 g/mol. The van der Waals surface area contributed by atoms with Gasteiger partial charge < -0.3 is 11.1 Å². The van der Waals surface area contributed by atoms with Crippen LogP contribution in [0.5, 0.6) is 0 Å². The van der Waals surface area contributed by atoms with E-state index in [1.807, 2.05) is 0 Å². The number of nitrogens with zero attached hydrogens (tertiary/aromatic N) is 1. The number of anilines is 2. The van der Waals surface area contributed by atoms with Gasteiger partial charge in [-0.2, -0.15) is 5.10 Å². The Labute approximate surface area is 107 Å². The van der Waals surface area contributed by atoms with Crippen LogP contribution in [0.3, 0.4) is 0 Å². The van der Waals surface area contributed by atoms with Crippen molar-refractivity contribution in [2.45, 2.75) is 0 Å². The molecule has 1 aromatic heterocycles. The van der Waals surface area contributed by atoms with Crippen molar-refractivity contribution in [1.82, 2.24) is 10.2 Å². The monoisotopic (exact) mass is 270 g/mol. The number of hydrogen-bond acceptors (Lipinski definition) is 3. The molecule has 2 aromatic rings. The number of amides is 1. The topological polar surface area (TPSA) is 83.8 Å². The van der Waals surface area contributed by atoms with Crippen LogP contribution in [-0.4, -0.2) is 16.1 Å². The number of aromatic nitrogens is 2. The van der Waals surface area contributed by atoms with Gasteiger partial charge in [-0.05, 0) is 12.1 Å². The first kappa shape index (κ1) is 11.8. The van der Waals surface area contributed by atoms with E-state index < -0.39 is 5.91 Å². The molecule has 88 valence electrons. The lowest BCUT2D eigenvalue weighted by Gasteiger charge is -2.06. The second-order valence-corrected chi connectivity index (χ2v) is 4.04. The zero-order valence-corrected chi connectivity index (χ0v) is 10.0.